The number of ketones is 1. The molecule has 1 N–H and O–H groups in total. The van der Waals surface area contributed by atoms with Crippen LogP contribution in [0.15, 0.2) is 54.6 Å². The van der Waals surface area contributed by atoms with Crippen LogP contribution in [-0.4, -0.2) is 33.5 Å². The number of Topliss-reactive ketones (excluding diaryl/α,β-unsaturated/α-hetero) is 1. The summed E-state index contributed by atoms with van der Waals surface area (Å²) in [5.74, 6) is -1.11. The van der Waals surface area contributed by atoms with Gasteiger partial charge in [0.1, 0.15) is 0 Å². The van der Waals surface area contributed by atoms with Gasteiger partial charge >= 0.3 is 5.97 Å². The third kappa shape index (κ3) is 4.81. The first-order valence-electron chi connectivity index (χ1n) is 9.51. The lowest BCUT2D eigenvalue weighted by atomic mass is 10.1. The molecular weight excluding hydrogens is 382 g/mol. The number of hydrogen-bond acceptors (Lipinski definition) is 5. The summed E-state index contributed by atoms with van der Waals surface area (Å²) in [5.41, 5.74) is 4.14. The van der Waals surface area contributed by atoms with Gasteiger partial charge in [-0.1, -0.05) is 0 Å². The van der Waals surface area contributed by atoms with E-state index < -0.39 is 18.0 Å². The molecule has 2 aromatic carbocycles. The molecule has 1 atom stereocenters. The minimum Gasteiger partial charge on any atom is -0.449 e. The van der Waals surface area contributed by atoms with E-state index in [0.717, 1.165) is 17.1 Å². The molecule has 30 heavy (non-hydrogen) atoms. The number of hydrogen-bond donors (Lipinski definition) is 1. The topological polar surface area (TPSA) is 90.3 Å². The largest absolute Gasteiger partial charge is 0.449 e. The van der Waals surface area contributed by atoms with Crippen molar-refractivity contribution in [3.8, 4) is 5.69 Å². The Balaban J connectivity index is 1.61. The first kappa shape index (κ1) is 21.0. The van der Waals surface area contributed by atoms with E-state index in [4.69, 9.17) is 4.74 Å². The molecule has 7 nitrogen and oxygen atoms in total. The summed E-state index contributed by atoms with van der Waals surface area (Å²) in [6.07, 6.45) is -0.985. The molecule has 0 fully saturated rings. The number of rotatable bonds is 6. The second-order valence-corrected chi connectivity index (χ2v) is 7.06. The molecule has 1 unspecified atom stereocenters. The summed E-state index contributed by atoms with van der Waals surface area (Å²) in [6, 6.07) is 15.3. The fourth-order valence-electron chi connectivity index (χ4n) is 2.94. The molecule has 3 aromatic rings. The Bertz CT molecular complexity index is 1080. The molecule has 0 aliphatic carbocycles. The molecule has 0 aliphatic rings. The highest BCUT2D eigenvalue weighted by Gasteiger charge is 2.19. The zero-order valence-electron chi connectivity index (χ0n) is 17.3. The van der Waals surface area contributed by atoms with Crippen LogP contribution in [0.5, 0.6) is 0 Å². The van der Waals surface area contributed by atoms with Crippen LogP contribution in [0.2, 0.25) is 0 Å². The average Bonchev–Trinajstić information content (AvgIpc) is 3.06. The molecule has 1 aromatic heterocycles. The number of anilines is 1. The fourth-order valence-corrected chi connectivity index (χ4v) is 2.94. The Hall–Kier alpha value is -3.74. The van der Waals surface area contributed by atoms with E-state index in [9.17, 15) is 14.4 Å². The van der Waals surface area contributed by atoms with Crippen molar-refractivity contribution < 1.29 is 19.1 Å². The van der Waals surface area contributed by atoms with Crippen molar-refractivity contribution in [3.05, 3.63) is 77.1 Å². The van der Waals surface area contributed by atoms with Crippen LogP contribution >= 0.6 is 0 Å². The number of nitrogens with one attached hydrogen (secondary N) is 1. The molecule has 154 valence electrons. The normalized spacial score (nSPS) is 11.6. The number of esters is 1. The molecule has 0 bridgehead atoms. The summed E-state index contributed by atoms with van der Waals surface area (Å²) >= 11 is 0. The average molecular weight is 405 g/mol. The summed E-state index contributed by atoms with van der Waals surface area (Å²) < 4.78 is 7.07. The highest BCUT2D eigenvalue weighted by molar-refractivity contribution is 5.98. The van der Waals surface area contributed by atoms with E-state index in [0.29, 0.717) is 16.8 Å². The summed E-state index contributed by atoms with van der Waals surface area (Å²) in [5, 5.41) is 7.08. The van der Waals surface area contributed by atoms with Crippen LogP contribution in [0.1, 0.15) is 46.0 Å². The zero-order chi connectivity index (χ0) is 21.8. The third-order valence-corrected chi connectivity index (χ3v) is 4.57. The van der Waals surface area contributed by atoms with E-state index >= 15 is 0 Å². The number of nitrogens with zero attached hydrogens (tertiary/aromatic N) is 2. The van der Waals surface area contributed by atoms with Gasteiger partial charge in [0.05, 0.1) is 16.9 Å². The van der Waals surface area contributed by atoms with Crippen molar-refractivity contribution in [1.29, 1.82) is 0 Å². The van der Waals surface area contributed by atoms with Gasteiger partial charge in [0, 0.05) is 16.9 Å². The van der Waals surface area contributed by atoms with Gasteiger partial charge in [-0.3, -0.25) is 9.59 Å². The standard InChI is InChI=1S/C23H23N3O4/c1-14-13-15(2)26(25-14)21-11-7-19(8-12-21)23(29)30-17(4)22(28)24-20-9-5-18(6-10-20)16(3)27/h5-13,17H,1-4H3,(H,24,28). The molecule has 0 spiro atoms. The highest BCUT2D eigenvalue weighted by atomic mass is 16.5. The second kappa shape index (κ2) is 8.73. The van der Waals surface area contributed by atoms with Crippen molar-refractivity contribution in [2.24, 2.45) is 0 Å². The predicted molar refractivity (Wildman–Crippen MR) is 113 cm³/mol. The van der Waals surface area contributed by atoms with Crippen LogP contribution in [-0.2, 0) is 9.53 Å². The van der Waals surface area contributed by atoms with Gasteiger partial charge in [0.15, 0.2) is 11.9 Å². The summed E-state index contributed by atoms with van der Waals surface area (Å²) in [4.78, 5) is 36.0. The molecule has 0 saturated carbocycles. The van der Waals surface area contributed by atoms with Gasteiger partial charge in [0.25, 0.3) is 5.91 Å². The lowest BCUT2D eigenvalue weighted by Gasteiger charge is -2.14. The quantitative estimate of drug-likeness (QED) is 0.497. The highest BCUT2D eigenvalue weighted by Crippen LogP contribution is 2.15. The van der Waals surface area contributed by atoms with Crippen LogP contribution in [0, 0.1) is 13.8 Å². The van der Waals surface area contributed by atoms with E-state index in [1.54, 1.807) is 53.2 Å². The van der Waals surface area contributed by atoms with Crippen molar-refractivity contribution in [1.82, 2.24) is 9.78 Å². The molecule has 0 aliphatic heterocycles. The Morgan fingerprint density at radius 2 is 1.57 bits per heavy atom. The Labute approximate surface area is 174 Å². The molecule has 3 rings (SSSR count). The Kier molecular flexibility index (Phi) is 6.11. The summed E-state index contributed by atoms with van der Waals surface area (Å²) in [7, 11) is 0. The van der Waals surface area contributed by atoms with E-state index in [2.05, 4.69) is 10.4 Å². The van der Waals surface area contributed by atoms with Gasteiger partial charge in [-0.2, -0.15) is 5.10 Å². The second-order valence-electron chi connectivity index (χ2n) is 7.06. The SMILES string of the molecule is CC(=O)c1ccc(NC(=O)C(C)OC(=O)c2ccc(-n3nc(C)cc3C)cc2)cc1. The van der Waals surface area contributed by atoms with Gasteiger partial charge in [-0.05, 0) is 82.3 Å². The predicted octanol–water partition coefficient (Wildman–Crippen LogP) is 3.88. The van der Waals surface area contributed by atoms with E-state index in [-0.39, 0.29) is 5.78 Å². The minimum atomic E-state index is -0.985. The van der Waals surface area contributed by atoms with Crippen LogP contribution in [0.3, 0.4) is 0 Å². The van der Waals surface area contributed by atoms with Crippen LogP contribution in [0.25, 0.3) is 5.69 Å². The molecule has 7 heteroatoms. The van der Waals surface area contributed by atoms with Crippen molar-refractivity contribution in [3.63, 3.8) is 0 Å². The van der Waals surface area contributed by atoms with Gasteiger partial charge < -0.3 is 10.1 Å². The third-order valence-electron chi connectivity index (χ3n) is 4.57. The fraction of sp³-hybridized carbons (Fsp3) is 0.217. The van der Waals surface area contributed by atoms with Crippen molar-refractivity contribution in [2.75, 3.05) is 5.32 Å². The maximum absolute atomic E-state index is 12.4. The maximum Gasteiger partial charge on any atom is 0.338 e. The minimum absolute atomic E-state index is 0.0564. The molecule has 0 saturated heterocycles. The number of amides is 1. The lowest BCUT2D eigenvalue weighted by molar-refractivity contribution is -0.123. The molecule has 1 heterocycles. The number of carbonyl (C=O) groups is 3. The van der Waals surface area contributed by atoms with E-state index in [1.807, 2.05) is 19.9 Å². The summed E-state index contributed by atoms with van der Waals surface area (Å²) in [6.45, 7) is 6.84. The monoisotopic (exact) mass is 405 g/mol. The number of carbonyl (C=O) groups excluding carboxylic acids is 3. The number of benzene rings is 2. The van der Waals surface area contributed by atoms with Crippen molar-refractivity contribution >= 4 is 23.3 Å². The smallest absolute Gasteiger partial charge is 0.338 e. The van der Waals surface area contributed by atoms with Gasteiger partial charge in [-0.15, -0.1) is 0 Å². The Morgan fingerprint density at radius 1 is 0.967 bits per heavy atom. The molecular formula is C23H23N3O4. The zero-order valence-corrected chi connectivity index (χ0v) is 17.3. The first-order chi connectivity index (χ1) is 14.2. The number of aromatic nitrogens is 2. The van der Waals surface area contributed by atoms with Gasteiger partial charge in [0.2, 0.25) is 0 Å². The maximum atomic E-state index is 12.4. The van der Waals surface area contributed by atoms with Crippen LogP contribution < -0.4 is 5.32 Å². The van der Waals surface area contributed by atoms with E-state index in [1.165, 1.54) is 13.8 Å². The van der Waals surface area contributed by atoms with Crippen molar-refractivity contribution in [2.45, 2.75) is 33.8 Å². The molecule has 0 radical (unpaired) electrons. The molecule has 1 amide bonds. The number of aryl methyl sites for hydroxylation is 2. The lowest BCUT2D eigenvalue weighted by Crippen LogP contribution is -2.30. The van der Waals surface area contributed by atoms with Crippen LogP contribution in [0.4, 0.5) is 5.69 Å². The number of ether oxygens (including phenoxy) is 1. The van der Waals surface area contributed by atoms with Gasteiger partial charge in [-0.25, -0.2) is 9.48 Å². The Morgan fingerprint density at radius 3 is 2.10 bits per heavy atom. The first-order valence-corrected chi connectivity index (χ1v) is 9.51.